The van der Waals surface area contributed by atoms with E-state index in [0.29, 0.717) is 22.7 Å². The maximum atomic E-state index is 13.3. The predicted molar refractivity (Wildman–Crippen MR) is 113 cm³/mol. The van der Waals surface area contributed by atoms with E-state index in [2.05, 4.69) is 27.5 Å². The summed E-state index contributed by atoms with van der Waals surface area (Å²) in [6, 6.07) is 21.6. The van der Waals surface area contributed by atoms with Crippen molar-refractivity contribution in [3.63, 3.8) is 0 Å². The molecule has 0 saturated carbocycles. The number of pyridine rings is 1. The van der Waals surface area contributed by atoms with Crippen LogP contribution in [0.5, 0.6) is 0 Å². The number of aromatic nitrogens is 1. The number of aliphatic hydroxyl groups is 1. The first kappa shape index (κ1) is 18.2. The minimum atomic E-state index is -0.525. The molecule has 28 heavy (non-hydrogen) atoms. The van der Waals surface area contributed by atoms with Crippen molar-refractivity contribution in [1.29, 1.82) is 0 Å². The second-order valence-corrected chi connectivity index (χ2v) is 7.33. The van der Waals surface area contributed by atoms with Crippen molar-refractivity contribution in [2.24, 2.45) is 0 Å². The van der Waals surface area contributed by atoms with Crippen molar-refractivity contribution in [2.45, 2.75) is 6.04 Å². The van der Waals surface area contributed by atoms with Crippen LogP contribution in [-0.4, -0.2) is 15.9 Å². The van der Waals surface area contributed by atoms with E-state index in [1.807, 2.05) is 48.5 Å². The van der Waals surface area contributed by atoms with Crippen LogP contribution in [0.1, 0.15) is 22.0 Å². The summed E-state index contributed by atoms with van der Waals surface area (Å²) in [4.78, 5) is 19.5. The van der Waals surface area contributed by atoms with Crippen LogP contribution >= 0.6 is 15.9 Å². The largest absolute Gasteiger partial charge is 0.505 e. The van der Waals surface area contributed by atoms with Crippen LogP contribution in [0.2, 0.25) is 0 Å². The Hall–Kier alpha value is -3.18. The van der Waals surface area contributed by atoms with E-state index >= 15 is 0 Å². The van der Waals surface area contributed by atoms with Gasteiger partial charge in [-0.3, -0.25) is 4.79 Å². The van der Waals surface area contributed by atoms with Crippen LogP contribution in [0.4, 0.5) is 5.82 Å². The summed E-state index contributed by atoms with van der Waals surface area (Å²) in [6.45, 7) is 4.03. The molecule has 1 unspecified atom stereocenters. The summed E-state index contributed by atoms with van der Waals surface area (Å²) < 4.78 is 0.932. The third-order valence-corrected chi connectivity index (χ3v) is 5.24. The van der Waals surface area contributed by atoms with Gasteiger partial charge < -0.3 is 10.0 Å². The minimum Gasteiger partial charge on any atom is -0.505 e. The fourth-order valence-corrected chi connectivity index (χ4v) is 3.65. The Labute approximate surface area is 171 Å². The molecule has 2 heterocycles. The molecule has 0 saturated heterocycles. The predicted octanol–water partition coefficient (Wildman–Crippen LogP) is 5.61. The van der Waals surface area contributed by atoms with Crippen molar-refractivity contribution in [3.05, 3.63) is 118 Å². The number of benzene rings is 2. The average molecular weight is 433 g/mol. The Morgan fingerprint density at radius 1 is 1.00 bits per heavy atom. The molecular formula is C23H17BrN2O2. The van der Waals surface area contributed by atoms with Crippen LogP contribution in [0.25, 0.3) is 0 Å². The monoisotopic (exact) mass is 432 g/mol. The van der Waals surface area contributed by atoms with Crippen molar-refractivity contribution < 1.29 is 9.90 Å². The SMILES string of the molecule is C=C1C(O)=C(C(=O)c2ccccc2)C(c2ccc(Br)cc2)N1c1ccccn1. The standard InChI is InChI=1S/C23H17BrN2O2/c1-15-22(27)20(23(28)17-7-3-2-4-8-17)21(16-10-12-18(24)13-11-16)26(15)19-9-5-6-14-25-19/h2-14,21,27H,1H2. The van der Waals surface area contributed by atoms with Crippen molar-refractivity contribution in [3.8, 4) is 0 Å². The van der Waals surface area contributed by atoms with Gasteiger partial charge in [0.05, 0.1) is 17.3 Å². The maximum absolute atomic E-state index is 13.3. The smallest absolute Gasteiger partial charge is 0.195 e. The summed E-state index contributed by atoms with van der Waals surface area (Å²) in [5, 5.41) is 10.9. The van der Waals surface area contributed by atoms with Gasteiger partial charge in [-0.05, 0) is 29.8 Å². The Bertz CT molecular complexity index is 1060. The molecule has 1 aliphatic heterocycles. The highest BCUT2D eigenvalue weighted by atomic mass is 79.9. The fourth-order valence-electron chi connectivity index (χ4n) is 3.39. The van der Waals surface area contributed by atoms with E-state index in [1.54, 1.807) is 35.4 Å². The Kier molecular flexibility index (Phi) is 4.84. The van der Waals surface area contributed by atoms with Crippen molar-refractivity contribution >= 4 is 27.5 Å². The molecular weight excluding hydrogens is 416 g/mol. The number of Topliss-reactive ketones (excluding diaryl/α,β-unsaturated/α-hetero) is 1. The highest BCUT2D eigenvalue weighted by Crippen LogP contribution is 2.45. The van der Waals surface area contributed by atoms with Gasteiger partial charge in [-0.15, -0.1) is 0 Å². The zero-order valence-electron chi connectivity index (χ0n) is 14.9. The van der Waals surface area contributed by atoms with Crippen LogP contribution in [0, 0.1) is 0 Å². The van der Waals surface area contributed by atoms with Gasteiger partial charge >= 0.3 is 0 Å². The van der Waals surface area contributed by atoms with Crippen LogP contribution in [0.3, 0.4) is 0 Å². The van der Waals surface area contributed by atoms with Crippen molar-refractivity contribution in [1.82, 2.24) is 4.98 Å². The first-order chi connectivity index (χ1) is 13.6. The highest BCUT2D eigenvalue weighted by molar-refractivity contribution is 9.10. The molecule has 5 heteroatoms. The number of hydrogen-bond donors (Lipinski definition) is 1. The summed E-state index contributed by atoms with van der Waals surface area (Å²) in [5.41, 5.74) is 2.02. The van der Waals surface area contributed by atoms with Crippen LogP contribution in [-0.2, 0) is 0 Å². The van der Waals surface area contributed by atoms with E-state index in [0.717, 1.165) is 10.0 Å². The zero-order valence-corrected chi connectivity index (χ0v) is 16.5. The molecule has 1 N–H and O–H groups in total. The van der Waals surface area contributed by atoms with Gasteiger partial charge in [-0.2, -0.15) is 0 Å². The lowest BCUT2D eigenvalue weighted by molar-refractivity contribution is 0.102. The minimum absolute atomic E-state index is 0.104. The van der Waals surface area contributed by atoms with E-state index in [1.165, 1.54) is 0 Å². The molecule has 138 valence electrons. The molecule has 0 aliphatic carbocycles. The molecule has 2 aromatic carbocycles. The molecule has 0 spiro atoms. The van der Waals surface area contributed by atoms with Gasteiger partial charge in [-0.1, -0.05) is 71.0 Å². The second kappa shape index (κ2) is 7.44. The molecule has 1 atom stereocenters. The number of anilines is 1. The first-order valence-electron chi connectivity index (χ1n) is 8.76. The number of hydrogen-bond acceptors (Lipinski definition) is 4. The third kappa shape index (κ3) is 3.14. The van der Waals surface area contributed by atoms with Gasteiger partial charge in [0, 0.05) is 16.2 Å². The quantitative estimate of drug-likeness (QED) is 0.543. The van der Waals surface area contributed by atoms with Crippen LogP contribution in [0.15, 0.2) is 107 Å². The summed E-state index contributed by atoms with van der Waals surface area (Å²) >= 11 is 3.45. The molecule has 1 aromatic heterocycles. The molecule has 3 aromatic rings. The van der Waals surface area contributed by atoms with Gasteiger partial charge in [0.1, 0.15) is 11.6 Å². The molecule has 1 aliphatic rings. The number of carbonyl (C=O) groups excluding carboxylic acids is 1. The number of halogens is 1. The topological polar surface area (TPSA) is 53.4 Å². The Morgan fingerprint density at radius 3 is 2.32 bits per heavy atom. The van der Waals surface area contributed by atoms with Gasteiger partial charge in [0.2, 0.25) is 0 Å². The third-order valence-electron chi connectivity index (χ3n) is 4.71. The first-order valence-corrected chi connectivity index (χ1v) is 9.55. The Morgan fingerprint density at radius 2 is 1.68 bits per heavy atom. The number of ketones is 1. The lowest BCUT2D eigenvalue weighted by atomic mass is 9.93. The number of rotatable bonds is 4. The number of aliphatic hydroxyl groups excluding tert-OH is 1. The van der Waals surface area contributed by atoms with E-state index in [4.69, 9.17) is 0 Å². The normalized spacial score (nSPS) is 16.5. The maximum Gasteiger partial charge on any atom is 0.195 e. The second-order valence-electron chi connectivity index (χ2n) is 6.42. The van der Waals surface area contributed by atoms with Gasteiger partial charge in [-0.25, -0.2) is 4.98 Å². The van der Waals surface area contributed by atoms with Gasteiger partial charge in [0.25, 0.3) is 0 Å². The molecule has 0 radical (unpaired) electrons. The summed E-state index contributed by atoms with van der Waals surface area (Å²) in [7, 11) is 0. The van der Waals surface area contributed by atoms with E-state index in [-0.39, 0.29) is 11.5 Å². The van der Waals surface area contributed by atoms with Crippen molar-refractivity contribution in [2.75, 3.05) is 4.90 Å². The summed E-state index contributed by atoms with van der Waals surface area (Å²) in [6.07, 6.45) is 1.68. The Balaban J connectivity index is 1.88. The molecule has 4 rings (SSSR count). The number of carbonyl (C=O) groups is 1. The lowest BCUT2D eigenvalue weighted by Gasteiger charge is -2.28. The molecule has 0 fully saturated rings. The fraction of sp³-hybridized carbons (Fsp3) is 0.0435. The van der Waals surface area contributed by atoms with Crippen LogP contribution < -0.4 is 4.90 Å². The van der Waals surface area contributed by atoms with E-state index < -0.39 is 6.04 Å². The average Bonchev–Trinajstić information content (AvgIpc) is 3.00. The highest BCUT2D eigenvalue weighted by Gasteiger charge is 2.41. The van der Waals surface area contributed by atoms with E-state index in [9.17, 15) is 9.90 Å². The lowest BCUT2D eigenvalue weighted by Crippen LogP contribution is -2.26. The molecule has 0 bridgehead atoms. The molecule has 0 amide bonds. The zero-order chi connectivity index (χ0) is 19.7. The molecule has 4 nitrogen and oxygen atoms in total. The number of nitrogens with zero attached hydrogens (tertiary/aromatic N) is 2. The van der Waals surface area contributed by atoms with Gasteiger partial charge in [0.15, 0.2) is 5.78 Å². The summed E-state index contributed by atoms with van der Waals surface area (Å²) in [5.74, 6) is 0.279.